The predicted octanol–water partition coefficient (Wildman–Crippen LogP) is 1.10. The summed E-state index contributed by atoms with van der Waals surface area (Å²) in [5.41, 5.74) is 0.692. The lowest BCUT2D eigenvalue weighted by atomic mass is 10.4. The van der Waals surface area contributed by atoms with Gasteiger partial charge < -0.3 is 4.29 Å². The molecule has 0 atom stereocenters. The Morgan fingerprint density at radius 1 is 1.73 bits per heavy atom. The van der Waals surface area contributed by atoms with Gasteiger partial charge in [0.1, 0.15) is 11.9 Å². The first-order valence-electron chi connectivity index (χ1n) is 2.86. The smallest absolute Gasteiger partial charge is 0.341 e. The van der Waals surface area contributed by atoms with Gasteiger partial charge in [-0.05, 0) is 13.0 Å². The Labute approximate surface area is 68.4 Å². The van der Waals surface area contributed by atoms with Crippen LogP contribution in [0.5, 0.6) is 0 Å². The van der Waals surface area contributed by atoms with Crippen LogP contribution in [0.25, 0.3) is 0 Å². The van der Waals surface area contributed by atoms with Crippen LogP contribution in [0.15, 0.2) is 12.3 Å². The fourth-order valence-corrected chi connectivity index (χ4v) is 0.651. The number of carbonyl (C=O) groups excluding carboxylic acids is 1. The van der Waals surface area contributed by atoms with E-state index in [2.05, 4.69) is 14.3 Å². The summed E-state index contributed by atoms with van der Waals surface area (Å²) in [4.78, 5) is 18.1. The highest BCUT2D eigenvalue weighted by molar-refractivity contribution is 6.15. The summed E-state index contributed by atoms with van der Waals surface area (Å²) in [7, 11) is 0. The van der Waals surface area contributed by atoms with Gasteiger partial charge in [0.05, 0.1) is 0 Å². The standard InChI is InChI=1S/C6H5ClN2O2/c1-4-2-3-8-5(9-4)6(10)11-7/h2-3H,1H3. The van der Waals surface area contributed by atoms with Crippen LogP contribution in [-0.2, 0) is 4.29 Å². The van der Waals surface area contributed by atoms with Crippen LogP contribution >= 0.6 is 11.9 Å². The molecule has 1 rings (SSSR count). The largest absolute Gasteiger partial charge is 0.394 e. The maximum atomic E-state index is 10.7. The van der Waals surface area contributed by atoms with Gasteiger partial charge in [-0.15, -0.1) is 0 Å². The minimum absolute atomic E-state index is 0.0278. The van der Waals surface area contributed by atoms with E-state index in [1.165, 1.54) is 6.20 Å². The van der Waals surface area contributed by atoms with Crippen molar-refractivity contribution < 1.29 is 9.08 Å². The number of halogens is 1. The summed E-state index contributed by atoms with van der Waals surface area (Å²) in [6.07, 6.45) is 1.46. The third-order valence-electron chi connectivity index (χ3n) is 1.05. The molecule has 0 amide bonds. The Kier molecular flexibility index (Phi) is 2.38. The van der Waals surface area contributed by atoms with Gasteiger partial charge in [0.25, 0.3) is 0 Å². The average molecular weight is 173 g/mol. The maximum absolute atomic E-state index is 10.7. The van der Waals surface area contributed by atoms with Crippen LogP contribution in [0.2, 0.25) is 0 Å². The maximum Gasteiger partial charge on any atom is 0.394 e. The summed E-state index contributed by atoms with van der Waals surface area (Å²) in [5, 5.41) is 0. The van der Waals surface area contributed by atoms with Gasteiger partial charge in [0, 0.05) is 11.9 Å². The topological polar surface area (TPSA) is 52.1 Å². The number of aryl methyl sites for hydroxylation is 1. The van der Waals surface area contributed by atoms with Crippen molar-refractivity contribution in [2.75, 3.05) is 0 Å². The van der Waals surface area contributed by atoms with Gasteiger partial charge in [-0.3, -0.25) is 0 Å². The van der Waals surface area contributed by atoms with E-state index >= 15 is 0 Å². The molecular weight excluding hydrogens is 168 g/mol. The molecule has 0 fully saturated rings. The van der Waals surface area contributed by atoms with Crippen LogP contribution in [0.4, 0.5) is 0 Å². The Morgan fingerprint density at radius 2 is 2.45 bits per heavy atom. The lowest BCUT2D eigenvalue weighted by molar-refractivity contribution is 0.0738. The van der Waals surface area contributed by atoms with Crippen molar-refractivity contribution in [2.45, 2.75) is 6.92 Å². The molecule has 58 valence electrons. The number of nitrogens with zero attached hydrogens (tertiary/aromatic N) is 2. The Bertz CT molecular complexity index is 277. The first-order chi connectivity index (χ1) is 5.24. The molecule has 0 radical (unpaired) electrons. The number of aromatic nitrogens is 2. The molecule has 1 aromatic heterocycles. The molecule has 0 aliphatic carbocycles. The second-order valence-electron chi connectivity index (χ2n) is 1.89. The van der Waals surface area contributed by atoms with E-state index < -0.39 is 5.97 Å². The fraction of sp³-hybridized carbons (Fsp3) is 0.167. The highest BCUT2D eigenvalue weighted by Gasteiger charge is 2.08. The molecule has 0 bridgehead atoms. The monoisotopic (exact) mass is 172 g/mol. The van der Waals surface area contributed by atoms with Crippen molar-refractivity contribution in [1.29, 1.82) is 0 Å². The summed E-state index contributed by atoms with van der Waals surface area (Å²) >= 11 is 4.81. The number of rotatable bonds is 1. The molecule has 0 aliphatic rings. The average Bonchev–Trinajstić information content (AvgIpc) is 2.03. The van der Waals surface area contributed by atoms with Gasteiger partial charge in [0.15, 0.2) is 0 Å². The molecule has 0 saturated heterocycles. The second-order valence-corrected chi connectivity index (χ2v) is 2.04. The van der Waals surface area contributed by atoms with Crippen LogP contribution in [0.1, 0.15) is 16.3 Å². The summed E-state index contributed by atoms with van der Waals surface area (Å²) in [6, 6.07) is 1.67. The lowest BCUT2D eigenvalue weighted by Crippen LogP contribution is -2.05. The van der Waals surface area contributed by atoms with E-state index in [1.807, 2.05) is 0 Å². The van der Waals surface area contributed by atoms with E-state index in [9.17, 15) is 4.79 Å². The number of hydrogen-bond donors (Lipinski definition) is 0. The van der Waals surface area contributed by atoms with Crippen molar-refractivity contribution in [3.05, 3.63) is 23.8 Å². The van der Waals surface area contributed by atoms with Crippen molar-refractivity contribution in [1.82, 2.24) is 9.97 Å². The highest BCUT2D eigenvalue weighted by Crippen LogP contribution is 1.96. The van der Waals surface area contributed by atoms with Crippen molar-refractivity contribution in [3.8, 4) is 0 Å². The van der Waals surface area contributed by atoms with Crippen molar-refractivity contribution >= 4 is 17.8 Å². The molecule has 1 aromatic rings. The Morgan fingerprint density at radius 3 is 3.00 bits per heavy atom. The molecule has 0 spiro atoms. The molecule has 1 heterocycles. The minimum atomic E-state index is -0.740. The molecule has 0 N–H and O–H groups in total. The van der Waals surface area contributed by atoms with Crippen molar-refractivity contribution in [2.24, 2.45) is 0 Å². The highest BCUT2D eigenvalue weighted by atomic mass is 35.5. The van der Waals surface area contributed by atoms with E-state index in [4.69, 9.17) is 11.9 Å². The summed E-state index contributed by atoms with van der Waals surface area (Å²) in [6.45, 7) is 1.74. The number of carbonyl (C=O) groups is 1. The third kappa shape index (κ3) is 1.88. The van der Waals surface area contributed by atoms with E-state index in [1.54, 1.807) is 13.0 Å². The lowest BCUT2D eigenvalue weighted by Gasteiger charge is -1.94. The van der Waals surface area contributed by atoms with Gasteiger partial charge in [-0.2, -0.15) is 0 Å². The molecule has 11 heavy (non-hydrogen) atoms. The van der Waals surface area contributed by atoms with Gasteiger partial charge >= 0.3 is 5.97 Å². The second kappa shape index (κ2) is 3.30. The van der Waals surface area contributed by atoms with Crippen LogP contribution < -0.4 is 0 Å². The molecule has 0 unspecified atom stereocenters. The Hall–Kier alpha value is -1.16. The zero-order valence-electron chi connectivity index (χ0n) is 5.74. The van der Waals surface area contributed by atoms with Crippen LogP contribution in [0.3, 0.4) is 0 Å². The molecule has 0 aromatic carbocycles. The normalized spacial score (nSPS) is 9.27. The molecular formula is C6H5ClN2O2. The van der Waals surface area contributed by atoms with Gasteiger partial charge in [-0.25, -0.2) is 14.8 Å². The van der Waals surface area contributed by atoms with E-state index in [0.29, 0.717) is 5.69 Å². The van der Waals surface area contributed by atoms with Crippen LogP contribution in [0, 0.1) is 6.92 Å². The van der Waals surface area contributed by atoms with Crippen LogP contribution in [-0.4, -0.2) is 15.9 Å². The third-order valence-corrected chi connectivity index (χ3v) is 1.19. The van der Waals surface area contributed by atoms with Gasteiger partial charge in [0.2, 0.25) is 5.82 Å². The predicted molar refractivity (Wildman–Crippen MR) is 38.0 cm³/mol. The summed E-state index contributed by atoms with van der Waals surface area (Å²) in [5.74, 6) is -0.768. The SMILES string of the molecule is Cc1ccnc(C(=O)OCl)n1. The number of hydrogen-bond acceptors (Lipinski definition) is 4. The van der Waals surface area contributed by atoms with Crippen molar-refractivity contribution in [3.63, 3.8) is 0 Å². The van der Waals surface area contributed by atoms with E-state index in [-0.39, 0.29) is 5.82 Å². The minimum Gasteiger partial charge on any atom is -0.341 e. The van der Waals surface area contributed by atoms with Gasteiger partial charge in [-0.1, -0.05) is 0 Å². The first kappa shape index (κ1) is 7.94. The zero-order valence-corrected chi connectivity index (χ0v) is 6.50. The molecule has 0 aliphatic heterocycles. The summed E-state index contributed by atoms with van der Waals surface area (Å²) < 4.78 is 3.90. The van der Waals surface area contributed by atoms with E-state index in [0.717, 1.165) is 0 Å². The Balaban J connectivity index is 2.96. The fourth-order valence-electron chi connectivity index (χ4n) is 0.582. The molecule has 5 heteroatoms. The molecule has 0 saturated carbocycles. The quantitative estimate of drug-likeness (QED) is 0.637. The zero-order chi connectivity index (χ0) is 8.27. The molecule has 4 nitrogen and oxygen atoms in total. The first-order valence-corrected chi connectivity index (χ1v) is 3.17.